The van der Waals surface area contributed by atoms with E-state index in [1.165, 1.54) is 28.8 Å². The molecule has 1 heterocycles. The molecule has 168 valence electrons. The van der Waals surface area contributed by atoms with Crippen molar-refractivity contribution in [2.75, 3.05) is 6.54 Å². The maximum atomic E-state index is 13.4. The fraction of sp³-hybridized carbons (Fsp3) is 0.304. The first kappa shape index (κ1) is 22.9. The lowest BCUT2D eigenvalue weighted by Crippen LogP contribution is -2.33. The molecule has 0 unspecified atom stereocenters. The van der Waals surface area contributed by atoms with E-state index in [0.29, 0.717) is 16.6 Å². The Balaban J connectivity index is 1.74. The normalized spacial score (nSPS) is 11.2. The summed E-state index contributed by atoms with van der Waals surface area (Å²) in [5, 5.41) is 2.86. The Bertz CT molecular complexity index is 1180. The van der Waals surface area contributed by atoms with Crippen molar-refractivity contribution in [3.8, 4) is 5.69 Å². The summed E-state index contributed by atoms with van der Waals surface area (Å²) in [7, 11) is 0. The number of hydrogen-bond donors (Lipinski definition) is 1. The van der Waals surface area contributed by atoms with E-state index in [-0.39, 0.29) is 31.0 Å². The third kappa shape index (κ3) is 5.90. The van der Waals surface area contributed by atoms with Crippen LogP contribution in [0.5, 0.6) is 0 Å². The average Bonchev–Trinajstić information content (AvgIpc) is 2.72. The third-order valence-corrected chi connectivity index (χ3v) is 4.29. The van der Waals surface area contributed by atoms with Crippen LogP contribution in [-0.2, 0) is 20.9 Å². The Hall–Kier alpha value is -3.75. The summed E-state index contributed by atoms with van der Waals surface area (Å²) in [5.41, 5.74) is -0.156. The standard InChI is InChI=1S/C23H24FN3O5/c1-23(2,3)32-22(30)25-13-12-20(28)31-14-19-26-18-7-5-4-6-17(18)21(29)27(19)16-10-8-15(24)9-11-16/h4-11H,12-14H2,1-3H3,(H,25,30). The van der Waals surface area contributed by atoms with Crippen molar-refractivity contribution in [3.63, 3.8) is 0 Å². The second kappa shape index (κ2) is 9.59. The van der Waals surface area contributed by atoms with Crippen molar-refractivity contribution in [1.82, 2.24) is 14.9 Å². The van der Waals surface area contributed by atoms with Crippen molar-refractivity contribution in [2.45, 2.75) is 39.4 Å². The molecular formula is C23H24FN3O5. The number of carbonyl (C=O) groups excluding carboxylic acids is 2. The molecule has 32 heavy (non-hydrogen) atoms. The Morgan fingerprint density at radius 2 is 1.78 bits per heavy atom. The molecule has 3 aromatic rings. The number of rotatable bonds is 6. The summed E-state index contributed by atoms with van der Waals surface area (Å²) in [6.45, 7) is 4.96. The SMILES string of the molecule is CC(C)(C)OC(=O)NCCC(=O)OCc1nc2ccccc2c(=O)n1-c1ccc(F)cc1. The van der Waals surface area contributed by atoms with Gasteiger partial charge in [0.1, 0.15) is 18.0 Å². The molecule has 2 aromatic carbocycles. The van der Waals surface area contributed by atoms with E-state index in [1.54, 1.807) is 45.0 Å². The lowest BCUT2D eigenvalue weighted by molar-refractivity contribution is -0.145. The zero-order valence-electron chi connectivity index (χ0n) is 18.1. The fourth-order valence-corrected chi connectivity index (χ4v) is 2.93. The van der Waals surface area contributed by atoms with Crippen molar-refractivity contribution in [2.24, 2.45) is 0 Å². The Labute approximate surface area is 184 Å². The molecule has 0 bridgehead atoms. The number of benzene rings is 2. The highest BCUT2D eigenvalue weighted by atomic mass is 19.1. The van der Waals surface area contributed by atoms with Crippen LogP contribution in [0.3, 0.4) is 0 Å². The number of halogens is 1. The van der Waals surface area contributed by atoms with E-state index in [9.17, 15) is 18.8 Å². The van der Waals surface area contributed by atoms with Crippen LogP contribution < -0.4 is 10.9 Å². The molecule has 0 aliphatic carbocycles. The minimum atomic E-state index is -0.643. The number of ether oxygens (including phenoxy) is 2. The highest BCUT2D eigenvalue weighted by molar-refractivity contribution is 5.78. The molecule has 8 nitrogen and oxygen atoms in total. The minimum Gasteiger partial charge on any atom is -0.457 e. The minimum absolute atomic E-state index is 0.0314. The number of fused-ring (bicyclic) bond motifs is 1. The number of aromatic nitrogens is 2. The molecule has 9 heteroatoms. The first-order valence-corrected chi connectivity index (χ1v) is 10.0. The summed E-state index contributed by atoms with van der Waals surface area (Å²) in [6.07, 6.45) is -0.722. The van der Waals surface area contributed by atoms with E-state index >= 15 is 0 Å². The highest BCUT2D eigenvalue weighted by Crippen LogP contribution is 2.14. The monoisotopic (exact) mass is 441 g/mol. The van der Waals surface area contributed by atoms with E-state index in [0.717, 1.165) is 0 Å². The molecule has 0 radical (unpaired) electrons. The van der Waals surface area contributed by atoms with Crippen LogP contribution in [0.25, 0.3) is 16.6 Å². The van der Waals surface area contributed by atoms with E-state index in [4.69, 9.17) is 9.47 Å². The maximum Gasteiger partial charge on any atom is 0.407 e. The van der Waals surface area contributed by atoms with Crippen molar-refractivity contribution >= 4 is 23.0 Å². The van der Waals surface area contributed by atoms with Crippen LogP contribution in [0.1, 0.15) is 33.0 Å². The molecule has 0 aliphatic heterocycles. The van der Waals surface area contributed by atoms with Gasteiger partial charge in [-0.3, -0.25) is 14.2 Å². The molecule has 0 saturated heterocycles. The van der Waals surface area contributed by atoms with Crippen LogP contribution in [0.4, 0.5) is 9.18 Å². The number of amides is 1. The molecule has 1 amide bonds. The van der Waals surface area contributed by atoms with Crippen LogP contribution in [0, 0.1) is 5.82 Å². The Kier molecular flexibility index (Phi) is 6.87. The Morgan fingerprint density at radius 3 is 2.47 bits per heavy atom. The van der Waals surface area contributed by atoms with Gasteiger partial charge in [0, 0.05) is 6.54 Å². The molecule has 1 aromatic heterocycles. The molecular weight excluding hydrogens is 417 g/mol. The van der Waals surface area contributed by atoms with E-state index in [1.807, 2.05) is 0 Å². The van der Waals surface area contributed by atoms with Gasteiger partial charge in [0.2, 0.25) is 0 Å². The number of hydrogen-bond acceptors (Lipinski definition) is 6. The molecule has 0 aliphatic rings. The summed E-state index contributed by atoms with van der Waals surface area (Å²) in [4.78, 5) is 41.3. The number of esters is 1. The lowest BCUT2D eigenvalue weighted by atomic mass is 10.2. The zero-order chi connectivity index (χ0) is 23.3. The van der Waals surface area contributed by atoms with Gasteiger partial charge < -0.3 is 14.8 Å². The topological polar surface area (TPSA) is 99.5 Å². The number of alkyl carbamates (subject to hydrolysis) is 1. The number of nitrogens with zero attached hydrogens (tertiary/aromatic N) is 2. The summed E-state index contributed by atoms with van der Waals surface area (Å²) >= 11 is 0. The Morgan fingerprint density at radius 1 is 1.09 bits per heavy atom. The smallest absolute Gasteiger partial charge is 0.407 e. The lowest BCUT2D eigenvalue weighted by Gasteiger charge is -2.19. The maximum absolute atomic E-state index is 13.4. The van der Waals surface area contributed by atoms with Crippen molar-refractivity contribution in [1.29, 1.82) is 0 Å². The van der Waals surface area contributed by atoms with Gasteiger partial charge in [0.25, 0.3) is 5.56 Å². The van der Waals surface area contributed by atoms with Crippen LogP contribution in [-0.4, -0.2) is 33.8 Å². The average molecular weight is 441 g/mol. The van der Waals surface area contributed by atoms with E-state index in [2.05, 4.69) is 10.3 Å². The quantitative estimate of drug-likeness (QED) is 0.588. The van der Waals surface area contributed by atoms with Crippen LogP contribution in [0.2, 0.25) is 0 Å². The zero-order valence-corrected chi connectivity index (χ0v) is 18.1. The van der Waals surface area contributed by atoms with Crippen LogP contribution >= 0.6 is 0 Å². The first-order chi connectivity index (χ1) is 15.1. The summed E-state index contributed by atoms with van der Waals surface area (Å²) < 4.78 is 25.0. The third-order valence-electron chi connectivity index (χ3n) is 4.29. The number of para-hydroxylation sites is 1. The predicted octanol–water partition coefficient (Wildman–Crippen LogP) is 3.48. The molecule has 1 N–H and O–H groups in total. The predicted molar refractivity (Wildman–Crippen MR) is 116 cm³/mol. The van der Waals surface area contributed by atoms with Crippen molar-refractivity contribution < 1.29 is 23.5 Å². The molecule has 0 atom stereocenters. The first-order valence-electron chi connectivity index (χ1n) is 10.0. The second-order valence-electron chi connectivity index (χ2n) is 8.00. The highest BCUT2D eigenvalue weighted by Gasteiger charge is 2.17. The van der Waals surface area contributed by atoms with Crippen molar-refractivity contribution in [3.05, 3.63) is 70.5 Å². The summed E-state index contributed by atoms with van der Waals surface area (Å²) in [6, 6.07) is 12.1. The van der Waals surface area contributed by atoms with Gasteiger partial charge in [0.05, 0.1) is 23.0 Å². The van der Waals surface area contributed by atoms with Gasteiger partial charge in [-0.15, -0.1) is 0 Å². The number of nitrogens with one attached hydrogen (secondary N) is 1. The number of carbonyl (C=O) groups is 2. The van der Waals surface area contributed by atoms with Gasteiger partial charge in [-0.25, -0.2) is 14.2 Å². The molecule has 0 spiro atoms. The largest absolute Gasteiger partial charge is 0.457 e. The second-order valence-corrected chi connectivity index (χ2v) is 8.00. The molecule has 0 fully saturated rings. The van der Waals surface area contributed by atoms with Gasteiger partial charge >= 0.3 is 12.1 Å². The molecule has 0 saturated carbocycles. The van der Waals surface area contributed by atoms with Gasteiger partial charge in [0.15, 0.2) is 5.82 Å². The van der Waals surface area contributed by atoms with Crippen LogP contribution in [0.15, 0.2) is 53.3 Å². The van der Waals surface area contributed by atoms with Gasteiger partial charge in [-0.05, 0) is 57.2 Å². The summed E-state index contributed by atoms with van der Waals surface area (Å²) in [5.74, 6) is -0.844. The van der Waals surface area contributed by atoms with E-state index < -0.39 is 23.5 Å². The van der Waals surface area contributed by atoms with Gasteiger partial charge in [-0.1, -0.05) is 12.1 Å². The molecule has 3 rings (SSSR count). The fourth-order valence-electron chi connectivity index (χ4n) is 2.93. The van der Waals surface area contributed by atoms with Gasteiger partial charge in [-0.2, -0.15) is 0 Å².